The quantitative estimate of drug-likeness (QED) is 0.818. The van der Waals surface area contributed by atoms with Gasteiger partial charge in [-0.15, -0.1) is 0 Å². The van der Waals surface area contributed by atoms with Crippen molar-refractivity contribution in [2.24, 2.45) is 0 Å². The van der Waals surface area contributed by atoms with E-state index in [0.29, 0.717) is 6.61 Å². The number of H-pyrrole nitrogens is 1. The molecular formula is C16H22N2O2S. The summed E-state index contributed by atoms with van der Waals surface area (Å²) in [5.41, 5.74) is 2.03. The molecule has 3 rings (SSSR count). The summed E-state index contributed by atoms with van der Waals surface area (Å²) < 4.78 is 14.4. The van der Waals surface area contributed by atoms with E-state index in [4.69, 9.17) is 21.7 Å². The van der Waals surface area contributed by atoms with Crippen molar-refractivity contribution in [3.8, 4) is 5.75 Å². The minimum absolute atomic E-state index is 0.0480. The predicted octanol–water partition coefficient (Wildman–Crippen LogP) is 4.06. The molecule has 0 spiro atoms. The zero-order chi connectivity index (χ0) is 14.9. The summed E-state index contributed by atoms with van der Waals surface area (Å²) in [5.74, 6) is 0.874. The molecular weight excluding hydrogens is 284 g/mol. The average molecular weight is 306 g/mol. The molecule has 0 bridgehead atoms. The lowest BCUT2D eigenvalue weighted by atomic mass is 9.80. The number of ether oxygens (including phenoxy) is 2. The van der Waals surface area contributed by atoms with Crippen LogP contribution in [0.4, 0.5) is 0 Å². The lowest BCUT2D eigenvalue weighted by Gasteiger charge is -2.40. The van der Waals surface area contributed by atoms with E-state index in [1.54, 1.807) is 7.11 Å². The summed E-state index contributed by atoms with van der Waals surface area (Å²) in [4.78, 5) is 3.30. The van der Waals surface area contributed by atoms with Gasteiger partial charge in [-0.1, -0.05) is 13.0 Å². The lowest BCUT2D eigenvalue weighted by Crippen LogP contribution is -2.43. The van der Waals surface area contributed by atoms with Crippen molar-refractivity contribution in [3.63, 3.8) is 0 Å². The molecule has 1 N–H and O–H groups in total. The van der Waals surface area contributed by atoms with E-state index in [0.717, 1.165) is 47.4 Å². The first-order valence-corrected chi connectivity index (χ1v) is 7.99. The first kappa shape index (κ1) is 14.6. The Balaban J connectivity index is 1.99. The van der Waals surface area contributed by atoms with Gasteiger partial charge in [-0.05, 0) is 50.0 Å². The Morgan fingerprint density at radius 1 is 1.38 bits per heavy atom. The van der Waals surface area contributed by atoms with E-state index in [9.17, 15) is 0 Å². The zero-order valence-electron chi connectivity index (χ0n) is 12.6. The summed E-state index contributed by atoms with van der Waals surface area (Å²) >= 11 is 5.51. The number of nitrogens with zero attached hydrogens (tertiary/aromatic N) is 1. The Kier molecular flexibility index (Phi) is 4.04. The van der Waals surface area contributed by atoms with Crippen molar-refractivity contribution in [1.29, 1.82) is 0 Å². The number of hydrogen-bond donors (Lipinski definition) is 1. The maximum Gasteiger partial charge on any atom is 0.178 e. The highest BCUT2D eigenvalue weighted by atomic mass is 32.1. The van der Waals surface area contributed by atoms with Crippen LogP contribution in [0.3, 0.4) is 0 Å². The number of fused-ring (bicyclic) bond motifs is 1. The van der Waals surface area contributed by atoms with Gasteiger partial charge >= 0.3 is 0 Å². The molecule has 114 valence electrons. The molecule has 0 saturated heterocycles. The second kappa shape index (κ2) is 5.81. The first-order valence-electron chi connectivity index (χ1n) is 7.58. The fourth-order valence-corrected chi connectivity index (χ4v) is 3.19. The van der Waals surface area contributed by atoms with Gasteiger partial charge in [-0.25, -0.2) is 0 Å². The van der Waals surface area contributed by atoms with Gasteiger partial charge in [0.1, 0.15) is 11.3 Å². The van der Waals surface area contributed by atoms with Crippen LogP contribution >= 0.6 is 12.2 Å². The van der Waals surface area contributed by atoms with Gasteiger partial charge in [0.05, 0.1) is 24.3 Å². The molecule has 1 aromatic carbocycles. The number of imidazole rings is 1. The van der Waals surface area contributed by atoms with Gasteiger partial charge in [0.25, 0.3) is 0 Å². The van der Waals surface area contributed by atoms with E-state index in [1.165, 1.54) is 6.42 Å². The highest BCUT2D eigenvalue weighted by Crippen LogP contribution is 2.37. The van der Waals surface area contributed by atoms with Crippen LogP contribution in [0.25, 0.3) is 11.0 Å². The SMILES string of the molecule is CCCOc1cccc2c1[nH]c(=S)n2CC1(OC)CCC1. The van der Waals surface area contributed by atoms with Gasteiger partial charge in [-0.2, -0.15) is 0 Å². The van der Waals surface area contributed by atoms with Crippen LogP contribution in [0.15, 0.2) is 18.2 Å². The highest BCUT2D eigenvalue weighted by Gasteiger charge is 2.37. The molecule has 5 heteroatoms. The minimum Gasteiger partial charge on any atom is -0.491 e. The summed E-state index contributed by atoms with van der Waals surface area (Å²) in [6.45, 7) is 3.62. The second-order valence-electron chi connectivity index (χ2n) is 5.76. The topological polar surface area (TPSA) is 39.2 Å². The van der Waals surface area contributed by atoms with Gasteiger partial charge in [0, 0.05) is 7.11 Å². The van der Waals surface area contributed by atoms with Gasteiger partial charge in [0.2, 0.25) is 0 Å². The van der Waals surface area contributed by atoms with Crippen molar-refractivity contribution in [3.05, 3.63) is 23.0 Å². The molecule has 1 fully saturated rings. The Morgan fingerprint density at radius 2 is 2.19 bits per heavy atom. The van der Waals surface area contributed by atoms with Crippen molar-refractivity contribution in [2.45, 2.75) is 44.8 Å². The fraction of sp³-hybridized carbons (Fsp3) is 0.562. The minimum atomic E-state index is -0.0480. The van der Waals surface area contributed by atoms with Crippen molar-refractivity contribution in [1.82, 2.24) is 9.55 Å². The van der Waals surface area contributed by atoms with E-state index in [-0.39, 0.29) is 5.60 Å². The molecule has 1 aliphatic carbocycles. The van der Waals surface area contributed by atoms with Gasteiger partial charge in [0.15, 0.2) is 4.77 Å². The summed E-state index contributed by atoms with van der Waals surface area (Å²) in [6, 6.07) is 6.10. The van der Waals surface area contributed by atoms with Crippen LogP contribution in [-0.2, 0) is 11.3 Å². The van der Waals surface area contributed by atoms with Crippen LogP contribution in [0, 0.1) is 4.77 Å². The number of para-hydroxylation sites is 1. The largest absolute Gasteiger partial charge is 0.491 e. The van der Waals surface area contributed by atoms with Crippen molar-refractivity contribution >= 4 is 23.3 Å². The third kappa shape index (κ3) is 2.60. The monoisotopic (exact) mass is 306 g/mol. The molecule has 0 amide bonds. The maximum absolute atomic E-state index is 5.81. The molecule has 0 atom stereocenters. The molecule has 4 nitrogen and oxygen atoms in total. The summed E-state index contributed by atoms with van der Waals surface area (Å²) in [5, 5.41) is 0. The number of benzene rings is 1. The van der Waals surface area contributed by atoms with Crippen molar-refractivity contribution < 1.29 is 9.47 Å². The average Bonchev–Trinajstić information content (AvgIpc) is 2.77. The number of nitrogens with one attached hydrogen (secondary N) is 1. The Hall–Kier alpha value is -1.33. The summed E-state index contributed by atoms with van der Waals surface area (Å²) in [6.07, 6.45) is 4.42. The molecule has 1 aliphatic rings. The van der Waals surface area contributed by atoms with Gasteiger partial charge in [-0.3, -0.25) is 0 Å². The Labute approximate surface area is 130 Å². The molecule has 0 radical (unpaired) electrons. The normalized spacial score (nSPS) is 16.9. The van der Waals surface area contributed by atoms with E-state index >= 15 is 0 Å². The van der Waals surface area contributed by atoms with E-state index < -0.39 is 0 Å². The maximum atomic E-state index is 5.81. The molecule has 21 heavy (non-hydrogen) atoms. The fourth-order valence-electron chi connectivity index (χ4n) is 2.93. The Morgan fingerprint density at radius 3 is 2.81 bits per heavy atom. The number of rotatable bonds is 6. The molecule has 0 aliphatic heterocycles. The predicted molar refractivity (Wildman–Crippen MR) is 86.5 cm³/mol. The lowest BCUT2D eigenvalue weighted by molar-refractivity contribution is -0.0830. The first-order chi connectivity index (χ1) is 10.2. The molecule has 0 unspecified atom stereocenters. The van der Waals surface area contributed by atoms with Crippen LogP contribution < -0.4 is 4.74 Å². The standard InChI is InChI=1S/C16H22N2O2S/c1-3-10-20-13-7-4-6-12-14(13)17-15(21)18(12)11-16(19-2)8-5-9-16/h4,6-7H,3,5,8-11H2,1-2H3,(H,17,21). The number of hydrogen-bond acceptors (Lipinski definition) is 3. The molecule has 1 saturated carbocycles. The Bertz CT molecular complexity index is 680. The number of methoxy groups -OCH3 is 1. The van der Waals surface area contributed by atoms with Crippen LogP contribution in [0.2, 0.25) is 0 Å². The molecule has 2 aromatic rings. The van der Waals surface area contributed by atoms with Crippen LogP contribution in [0.5, 0.6) is 5.75 Å². The third-order valence-corrected chi connectivity index (χ3v) is 4.70. The van der Waals surface area contributed by atoms with Crippen LogP contribution in [0.1, 0.15) is 32.6 Å². The number of aromatic nitrogens is 2. The second-order valence-corrected chi connectivity index (χ2v) is 6.14. The van der Waals surface area contributed by atoms with Crippen LogP contribution in [-0.4, -0.2) is 28.9 Å². The summed E-state index contributed by atoms with van der Waals surface area (Å²) in [7, 11) is 1.80. The molecule has 1 aromatic heterocycles. The number of aromatic amines is 1. The smallest absolute Gasteiger partial charge is 0.178 e. The van der Waals surface area contributed by atoms with Crippen molar-refractivity contribution in [2.75, 3.05) is 13.7 Å². The molecule has 1 heterocycles. The van der Waals surface area contributed by atoms with E-state index in [2.05, 4.69) is 22.5 Å². The zero-order valence-corrected chi connectivity index (χ0v) is 13.5. The van der Waals surface area contributed by atoms with E-state index in [1.807, 2.05) is 12.1 Å². The third-order valence-electron chi connectivity index (χ3n) is 4.38. The highest BCUT2D eigenvalue weighted by molar-refractivity contribution is 7.71. The van der Waals surface area contributed by atoms with Gasteiger partial charge < -0.3 is 19.0 Å².